The summed E-state index contributed by atoms with van der Waals surface area (Å²) in [5.41, 5.74) is 2.41. The molecule has 0 spiro atoms. The monoisotopic (exact) mass is 609 g/mol. The van der Waals surface area contributed by atoms with Crippen LogP contribution >= 0.6 is 11.8 Å². The Morgan fingerprint density at radius 1 is 1.09 bits per heavy atom. The third kappa shape index (κ3) is 9.86. The van der Waals surface area contributed by atoms with Gasteiger partial charge in [-0.1, -0.05) is 74.0 Å². The second-order valence-corrected chi connectivity index (χ2v) is 13.5. The van der Waals surface area contributed by atoms with Crippen molar-refractivity contribution >= 4 is 29.7 Å². The Kier molecular flexibility index (Phi) is 12.7. The number of thioether (sulfide) groups is 1. The Balaban J connectivity index is 1.91. The number of benzene rings is 2. The molecular formula is C34H47N3O5S. The average molecular weight is 610 g/mol. The van der Waals surface area contributed by atoms with Crippen molar-refractivity contribution < 1.29 is 24.2 Å². The summed E-state index contributed by atoms with van der Waals surface area (Å²) in [7, 11) is 0. The summed E-state index contributed by atoms with van der Waals surface area (Å²) in [6.07, 6.45) is 4.71. The third-order valence-corrected chi connectivity index (χ3v) is 8.96. The van der Waals surface area contributed by atoms with E-state index in [0.29, 0.717) is 6.54 Å². The summed E-state index contributed by atoms with van der Waals surface area (Å²) in [4.78, 5) is 40.9. The van der Waals surface area contributed by atoms with Crippen LogP contribution in [0, 0.1) is 0 Å². The van der Waals surface area contributed by atoms with Crippen LogP contribution in [0.1, 0.15) is 71.8 Å². The Morgan fingerprint density at radius 2 is 1.77 bits per heavy atom. The molecule has 2 aromatic rings. The number of hydrogen-bond acceptors (Lipinski definition) is 6. The SMILES string of the molecule is C=CCCCCN[C@H](NC(=O)OC(C)(C)C)C(=O)N1C[C@](SCCCC)(c2ccc(-c3ccccc3)cc2)C[C@H]1C(=O)O. The number of carboxylic acids is 1. The van der Waals surface area contributed by atoms with Crippen LogP contribution in [0.4, 0.5) is 4.79 Å². The molecule has 0 aliphatic carbocycles. The van der Waals surface area contributed by atoms with Crippen molar-refractivity contribution in [3.63, 3.8) is 0 Å². The molecule has 9 heteroatoms. The standard InChI is InChI=1S/C34H47N3O5S/c1-6-8-10-14-21-35-29(36-32(41)42-33(3,4)5)30(38)37-24-34(43-22-9-7-2,23-28(37)31(39)40)27-19-17-26(18-20-27)25-15-12-11-13-16-25/h6,11-13,15-20,28-29,35H,1,7-10,14,21-24H2,2-5H3,(H,36,41)(H,39,40)/t28-,29+,34-/m0/s1. The molecule has 43 heavy (non-hydrogen) atoms. The zero-order valence-electron chi connectivity index (χ0n) is 25.9. The highest BCUT2D eigenvalue weighted by Gasteiger charge is 2.51. The minimum Gasteiger partial charge on any atom is -0.480 e. The first-order valence-corrected chi connectivity index (χ1v) is 16.1. The number of carbonyl (C=O) groups is 3. The predicted molar refractivity (Wildman–Crippen MR) is 174 cm³/mol. The van der Waals surface area contributed by atoms with Gasteiger partial charge in [-0.15, -0.1) is 18.3 Å². The summed E-state index contributed by atoms with van der Waals surface area (Å²) in [5.74, 6) is -0.706. The number of nitrogens with one attached hydrogen (secondary N) is 2. The molecule has 0 aromatic heterocycles. The predicted octanol–water partition coefficient (Wildman–Crippen LogP) is 6.56. The van der Waals surface area contributed by atoms with Gasteiger partial charge < -0.3 is 14.7 Å². The molecule has 1 aliphatic rings. The van der Waals surface area contributed by atoms with E-state index in [0.717, 1.165) is 54.5 Å². The molecular weight excluding hydrogens is 562 g/mol. The van der Waals surface area contributed by atoms with Crippen molar-refractivity contribution in [1.82, 2.24) is 15.5 Å². The van der Waals surface area contributed by atoms with E-state index in [2.05, 4.69) is 60.5 Å². The van der Waals surface area contributed by atoms with Crippen molar-refractivity contribution in [3.05, 3.63) is 72.8 Å². The molecule has 1 heterocycles. The number of allylic oxidation sites excluding steroid dienone is 1. The van der Waals surface area contributed by atoms with Gasteiger partial charge in [0, 0.05) is 6.54 Å². The number of nitrogens with zero attached hydrogens (tertiary/aromatic N) is 1. The van der Waals surface area contributed by atoms with Gasteiger partial charge in [-0.05, 0) is 81.9 Å². The second kappa shape index (κ2) is 16.0. The highest BCUT2D eigenvalue weighted by atomic mass is 32.2. The van der Waals surface area contributed by atoms with Crippen LogP contribution in [0.15, 0.2) is 67.3 Å². The maximum absolute atomic E-state index is 14.1. The fraction of sp³-hybridized carbons (Fsp3) is 0.500. The smallest absolute Gasteiger partial charge is 0.409 e. The van der Waals surface area contributed by atoms with Crippen molar-refractivity contribution in [2.75, 3.05) is 18.8 Å². The van der Waals surface area contributed by atoms with Crippen LogP contribution in [-0.2, 0) is 19.1 Å². The number of hydrogen-bond donors (Lipinski definition) is 3. The number of aliphatic carboxylic acids is 1. The fourth-order valence-corrected chi connectivity index (χ4v) is 6.81. The van der Waals surface area contributed by atoms with Gasteiger partial charge in [0.15, 0.2) is 6.17 Å². The van der Waals surface area contributed by atoms with Crippen molar-refractivity contribution in [3.8, 4) is 11.1 Å². The molecule has 2 amide bonds. The molecule has 3 atom stereocenters. The molecule has 8 nitrogen and oxygen atoms in total. The average Bonchev–Trinajstić information content (AvgIpc) is 3.37. The molecule has 3 N–H and O–H groups in total. The highest BCUT2D eigenvalue weighted by molar-refractivity contribution is 8.00. The van der Waals surface area contributed by atoms with Gasteiger partial charge in [0.1, 0.15) is 11.6 Å². The number of unbranched alkanes of at least 4 members (excludes halogenated alkanes) is 3. The largest absolute Gasteiger partial charge is 0.480 e. The first-order chi connectivity index (χ1) is 20.5. The lowest BCUT2D eigenvalue weighted by molar-refractivity contribution is -0.149. The van der Waals surface area contributed by atoms with E-state index in [1.165, 1.54) is 4.90 Å². The lowest BCUT2D eigenvalue weighted by Crippen LogP contribution is -2.58. The number of ether oxygens (including phenoxy) is 1. The Bertz CT molecular complexity index is 1210. The Morgan fingerprint density at radius 3 is 2.37 bits per heavy atom. The van der Waals surface area contributed by atoms with E-state index >= 15 is 0 Å². The minimum atomic E-state index is -1.13. The minimum absolute atomic E-state index is 0.215. The van der Waals surface area contributed by atoms with E-state index < -0.39 is 40.5 Å². The number of amides is 2. The van der Waals surface area contributed by atoms with Gasteiger partial charge in [-0.25, -0.2) is 9.59 Å². The zero-order chi connectivity index (χ0) is 31.5. The molecule has 1 saturated heterocycles. The van der Waals surface area contributed by atoms with Crippen molar-refractivity contribution in [1.29, 1.82) is 0 Å². The molecule has 0 unspecified atom stereocenters. The normalized spacial score (nSPS) is 19.1. The molecule has 3 rings (SSSR count). The summed E-state index contributed by atoms with van der Waals surface area (Å²) in [6.45, 7) is 11.8. The first kappa shape index (κ1) is 34.2. The summed E-state index contributed by atoms with van der Waals surface area (Å²) >= 11 is 1.71. The van der Waals surface area contributed by atoms with E-state index in [-0.39, 0.29) is 13.0 Å². The molecule has 2 aromatic carbocycles. The number of likely N-dealkylation sites (tertiary alicyclic amines) is 1. The first-order valence-electron chi connectivity index (χ1n) is 15.2. The van der Waals surface area contributed by atoms with Crippen LogP contribution < -0.4 is 10.6 Å². The quantitative estimate of drug-likeness (QED) is 0.119. The van der Waals surface area contributed by atoms with Gasteiger partial charge >= 0.3 is 12.1 Å². The number of alkyl carbamates (subject to hydrolysis) is 1. The van der Waals surface area contributed by atoms with Crippen LogP contribution in [-0.4, -0.2) is 64.6 Å². The van der Waals surface area contributed by atoms with E-state index in [1.807, 2.05) is 24.3 Å². The Labute approximate surface area is 260 Å². The lowest BCUT2D eigenvalue weighted by atomic mass is 9.93. The van der Waals surface area contributed by atoms with Gasteiger partial charge in [-0.2, -0.15) is 0 Å². The van der Waals surface area contributed by atoms with E-state index in [1.54, 1.807) is 32.5 Å². The summed E-state index contributed by atoms with van der Waals surface area (Å²) < 4.78 is 4.82. The van der Waals surface area contributed by atoms with Gasteiger partial charge in [-0.3, -0.25) is 15.4 Å². The fourth-order valence-electron chi connectivity index (χ4n) is 5.18. The van der Waals surface area contributed by atoms with Gasteiger partial charge in [0.05, 0.1) is 4.75 Å². The molecule has 1 fully saturated rings. The molecule has 234 valence electrons. The van der Waals surface area contributed by atoms with E-state index in [9.17, 15) is 19.5 Å². The molecule has 1 aliphatic heterocycles. The topological polar surface area (TPSA) is 108 Å². The maximum Gasteiger partial charge on any atom is 0.409 e. The lowest BCUT2D eigenvalue weighted by Gasteiger charge is -2.31. The van der Waals surface area contributed by atoms with Crippen molar-refractivity contribution in [2.45, 2.75) is 88.8 Å². The molecule has 0 radical (unpaired) electrons. The van der Waals surface area contributed by atoms with Crippen LogP contribution in [0.5, 0.6) is 0 Å². The second-order valence-electron chi connectivity index (χ2n) is 12.0. The Hall–Kier alpha value is -3.30. The maximum atomic E-state index is 14.1. The number of carbonyl (C=O) groups excluding carboxylic acids is 2. The number of rotatable bonds is 15. The van der Waals surface area contributed by atoms with Gasteiger partial charge in [0.2, 0.25) is 0 Å². The van der Waals surface area contributed by atoms with Crippen LogP contribution in [0.2, 0.25) is 0 Å². The summed E-state index contributed by atoms with van der Waals surface area (Å²) in [5, 5.41) is 16.1. The third-order valence-electron chi connectivity index (χ3n) is 7.38. The van der Waals surface area contributed by atoms with Crippen molar-refractivity contribution in [2.24, 2.45) is 0 Å². The molecule has 0 bridgehead atoms. The van der Waals surface area contributed by atoms with Gasteiger partial charge in [0.25, 0.3) is 5.91 Å². The number of carboxylic acid groups (broad SMARTS) is 1. The highest BCUT2D eigenvalue weighted by Crippen LogP contribution is 2.48. The zero-order valence-corrected chi connectivity index (χ0v) is 26.8. The van der Waals surface area contributed by atoms with Crippen LogP contribution in [0.25, 0.3) is 11.1 Å². The summed E-state index contributed by atoms with van der Waals surface area (Å²) in [6, 6.07) is 17.3. The molecule has 0 saturated carbocycles. The van der Waals surface area contributed by atoms with E-state index in [4.69, 9.17) is 4.74 Å². The van der Waals surface area contributed by atoms with Crippen LogP contribution in [0.3, 0.4) is 0 Å².